The first-order chi connectivity index (χ1) is 9.18. The van der Waals surface area contributed by atoms with Crippen LogP contribution in [0.2, 0.25) is 0 Å². The van der Waals surface area contributed by atoms with Crippen molar-refractivity contribution in [1.82, 2.24) is 18.9 Å². The van der Waals surface area contributed by atoms with Crippen molar-refractivity contribution in [2.24, 2.45) is 0 Å². The largest absolute Gasteiger partial charge is 0.298 e. The Morgan fingerprint density at radius 1 is 0.650 bits per heavy atom. The van der Waals surface area contributed by atoms with Crippen molar-refractivity contribution < 1.29 is 0 Å². The van der Waals surface area contributed by atoms with Gasteiger partial charge in [-0.1, -0.05) is 0 Å². The van der Waals surface area contributed by atoms with Gasteiger partial charge in [-0.25, -0.2) is 0 Å². The summed E-state index contributed by atoms with van der Waals surface area (Å²) in [5.41, 5.74) is 4.27. The van der Waals surface area contributed by atoms with Crippen LogP contribution in [0.25, 0.3) is 11.4 Å². The zero-order valence-corrected chi connectivity index (χ0v) is 13.3. The standard InChI is InChI=1S/C16H24N4/c1-19(2,3)13-7-9-17-15(11-13)16-12-14(8-10-18-16)20(4,5)6/h7-12H,1-6H3/q+2. The van der Waals surface area contributed by atoms with Gasteiger partial charge in [0, 0.05) is 36.7 Å². The minimum absolute atomic E-state index is 0.768. The van der Waals surface area contributed by atoms with E-state index in [2.05, 4.69) is 64.4 Å². The van der Waals surface area contributed by atoms with E-state index in [9.17, 15) is 0 Å². The fourth-order valence-electron chi connectivity index (χ4n) is 1.95. The van der Waals surface area contributed by atoms with E-state index in [0.29, 0.717) is 0 Å². The molecule has 0 radical (unpaired) electrons. The molecule has 0 aliphatic carbocycles. The molecule has 4 heteroatoms. The summed E-state index contributed by atoms with van der Waals surface area (Å²) in [7, 11) is 12.9. The summed E-state index contributed by atoms with van der Waals surface area (Å²) >= 11 is 0. The third kappa shape index (κ3) is 3.21. The van der Waals surface area contributed by atoms with Crippen LogP contribution in [-0.2, 0) is 0 Å². The maximum atomic E-state index is 4.47. The van der Waals surface area contributed by atoms with Gasteiger partial charge >= 0.3 is 0 Å². The van der Waals surface area contributed by atoms with Gasteiger partial charge in [0.15, 0.2) is 0 Å². The van der Waals surface area contributed by atoms with E-state index in [0.717, 1.165) is 20.4 Å². The van der Waals surface area contributed by atoms with Crippen molar-refractivity contribution in [1.29, 1.82) is 0 Å². The molecule has 0 saturated carbocycles. The average molecular weight is 272 g/mol. The Labute approximate surface area is 121 Å². The van der Waals surface area contributed by atoms with Gasteiger partial charge in [-0.05, 0) is 0 Å². The second-order valence-corrected chi connectivity index (χ2v) is 6.82. The van der Waals surface area contributed by atoms with Crippen molar-refractivity contribution in [3.8, 4) is 11.4 Å². The van der Waals surface area contributed by atoms with Gasteiger partial charge in [0.1, 0.15) is 11.4 Å². The van der Waals surface area contributed by atoms with E-state index >= 15 is 0 Å². The zero-order chi connectivity index (χ0) is 15.0. The summed E-state index contributed by atoms with van der Waals surface area (Å²) in [6.45, 7) is 0. The maximum absolute atomic E-state index is 4.47. The highest BCUT2D eigenvalue weighted by molar-refractivity contribution is 5.63. The molecule has 0 aromatic carbocycles. The van der Waals surface area contributed by atoms with Crippen molar-refractivity contribution in [2.45, 2.75) is 0 Å². The topological polar surface area (TPSA) is 25.8 Å². The van der Waals surface area contributed by atoms with Crippen molar-refractivity contribution in [3.63, 3.8) is 0 Å². The van der Waals surface area contributed by atoms with E-state index in [1.54, 1.807) is 0 Å². The summed E-state index contributed by atoms with van der Waals surface area (Å²) in [5, 5.41) is 0. The van der Waals surface area contributed by atoms with Crippen LogP contribution in [0, 0.1) is 0 Å². The molecule has 0 fully saturated rings. The first-order valence-electron chi connectivity index (χ1n) is 6.74. The molecule has 2 heterocycles. The van der Waals surface area contributed by atoms with Gasteiger partial charge < -0.3 is 0 Å². The van der Waals surface area contributed by atoms with Gasteiger partial charge in [-0.3, -0.25) is 18.9 Å². The number of quaternary nitrogens is 2. The van der Waals surface area contributed by atoms with Crippen LogP contribution >= 0.6 is 0 Å². The Bertz CT molecular complexity index is 551. The van der Waals surface area contributed by atoms with Gasteiger partial charge in [-0.2, -0.15) is 0 Å². The number of hydrogen-bond donors (Lipinski definition) is 0. The number of nitrogens with zero attached hydrogens (tertiary/aromatic N) is 4. The van der Waals surface area contributed by atoms with Crippen LogP contribution in [0.3, 0.4) is 0 Å². The normalized spacial score (nSPS) is 12.5. The molecule has 0 amide bonds. The number of pyridine rings is 2. The first-order valence-corrected chi connectivity index (χ1v) is 6.74. The Kier molecular flexibility index (Phi) is 3.63. The highest BCUT2D eigenvalue weighted by Crippen LogP contribution is 2.26. The van der Waals surface area contributed by atoms with Gasteiger partial charge in [0.2, 0.25) is 0 Å². The minimum Gasteiger partial charge on any atom is -0.298 e. The number of hydrogen-bond acceptors (Lipinski definition) is 2. The van der Waals surface area contributed by atoms with Gasteiger partial charge in [0.25, 0.3) is 0 Å². The smallest absolute Gasteiger partial charge is 0.136 e. The Hall–Kier alpha value is -1.78. The van der Waals surface area contributed by atoms with Crippen LogP contribution < -0.4 is 8.97 Å². The van der Waals surface area contributed by atoms with Crippen LogP contribution in [-0.4, -0.2) is 52.3 Å². The van der Waals surface area contributed by atoms with Crippen molar-refractivity contribution >= 4 is 11.4 Å². The van der Waals surface area contributed by atoms with Crippen molar-refractivity contribution in [2.75, 3.05) is 42.3 Å². The maximum Gasteiger partial charge on any atom is 0.136 e. The predicted molar refractivity (Wildman–Crippen MR) is 86.6 cm³/mol. The predicted octanol–water partition coefficient (Wildman–Crippen LogP) is 2.54. The molecule has 2 rings (SSSR count). The molecule has 20 heavy (non-hydrogen) atoms. The lowest BCUT2D eigenvalue weighted by molar-refractivity contribution is 0.485. The SMILES string of the molecule is C[N+](C)(C)c1ccnc(-c2cc([N+](C)(C)C)ccn2)c1. The number of rotatable bonds is 3. The summed E-state index contributed by atoms with van der Waals surface area (Å²) in [5.74, 6) is 0. The molecule has 0 atom stereocenters. The summed E-state index contributed by atoms with van der Waals surface area (Å²) in [6.07, 6.45) is 3.71. The Morgan fingerprint density at radius 2 is 1.00 bits per heavy atom. The Balaban J connectivity index is 2.47. The molecular weight excluding hydrogens is 248 g/mol. The minimum atomic E-state index is 0.768. The molecular formula is C16H24N4+2. The second-order valence-electron chi connectivity index (χ2n) is 6.82. The van der Waals surface area contributed by atoms with E-state index in [-0.39, 0.29) is 0 Å². The van der Waals surface area contributed by atoms with Crippen LogP contribution in [0.15, 0.2) is 36.7 Å². The van der Waals surface area contributed by atoms with E-state index in [1.165, 1.54) is 11.4 Å². The fourth-order valence-corrected chi connectivity index (χ4v) is 1.95. The monoisotopic (exact) mass is 272 g/mol. The highest BCUT2D eigenvalue weighted by atomic mass is 15.3. The van der Waals surface area contributed by atoms with E-state index in [1.807, 2.05) is 24.5 Å². The fraction of sp³-hybridized carbons (Fsp3) is 0.375. The highest BCUT2D eigenvalue weighted by Gasteiger charge is 2.17. The van der Waals surface area contributed by atoms with Gasteiger partial charge in [-0.15, -0.1) is 0 Å². The number of aromatic nitrogens is 2. The molecule has 0 spiro atoms. The molecule has 0 saturated heterocycles. The molecule has 0 aliphatic heterocycles. The first kappa shape index (κ1) is 14.6. The molecule has 0 aliphatic rings. The van der Waals surface area contributed by atoms with Crippen LogP contribution in [0.4, 0.5) is 11.4 Å². The molecule has 0 bridgehead atoms. The molecule has 2 aromatic heterocycles. The van der Waals surface area contributed by atoms with Crippen LogP contribution in [0.1, 0.15) is 0 Å². The molecule has 2 aromatic rings. The zero-order valence-electron chi connectivity index (χ0n) is 13.3. The molecule has 4 nitrogen and oxygen atoms in total. The quantitative estimate of drug-likeness (QED) is 0.803. The Morgan fingerprint density at radius 3 is 1.30 bits per heavy atom. The summed E-state index contributed by atoms with van der Waals surface area (Å²) in [4.78, 5) is 8.93. The lowest BCUT2D eigenvalue weighted by Gasteiger charge is -2.24. The van der Waals surface area contributed by atoms with E-state index < -0.39 is 0 Å². The third-order valence-corrected chi connectivity index (χ3v) is 3.30. The van der Waals surface area contributed by atoms with Crippen LogP contribution in [0.5, 0.6) is 0 Å². The van der Waals surface area contributed by atoms with E-state index in [4.69, 9.17) is 0 Å². The lowest BCUT2D eigenvalue weighted by atomic mass is 10.2. The summed E-state index contributed by atoms with van der Waals surface area (Å²) in [6, 6.07) is 8.32. The third-order valence-electron chi connectivity index (χ3n) is 3.30. The lowest BCUT2D eigenvalue weighted by Crippen LogP contribution is -2.35. The molecule has 106 valence electrons. The van der Waals surface area contributed by atoms with Crippen molar-refractivity contribution in [3.05, 3.63) is 36.7 Å². The second kappa shape index (κ2) is 4.96. The molecule has 0 unspecified atom stereocenters. The molecule has 0 N–H and O–H groups in total. The van der Waals surface area contributed by atoms with Gasteiger partial charge in [0.05, 0.1) is 53.7 Å². The average Bonchev–Trinajstić information content (AvgIpc) is 2.37. The summed E-state index contributed by atoms with van der Waals surface area (Å²) < 4.78 is 1.54.